The zero-order valence-electron chi connectivity index (χ0n) is 16.2. The van der Waals surface area contributed by atoms with E-state index in [1.807, 2.05) is 23.0 Å². The summed E-state index contributed by atoms with van der Waals surface area (Å²) >= 11 is 3.22. The first-order valence-electron chi connectivity index (χ1n) is 8.72. The van der Waals surface area contributed by atoms with Crippen molar-refractivity contribution < 1.29 is 13.2 Å². The van der Waals surface area contributed by atoms with Crippen LogP contribution in [-0.4, -0.2) is 37.7 Å². The standard InChI is InChI=1S/C20H21N3O3S3/c1-14-4-7-16(10-19(14)29(25,26)23(2)3)22-20(24)15-5-8-18(9-6-15)28-12-17-11-27-13-21-17/h4-11,13H,12H2,1-3H3,(H,22,24). The number of aryl methyl sites for hydroxylation is 1. The summed E-state index contributed by atoms with van der Waals surface area (Å²) in [6.45, 7) is 1.73. The normalized spacial score (nSPS) is 11.6. The maximum atomic E-state index is 12.6. The Hall–Kier alpha value is -2.20. The Balaban J connectivity index is 1.70. The molecule has 0 fully saturated rings. The first kappa shape index (κ1) is 21.5. The number of rotatable bonds is 7. The van der Waals surface area contributed by atoms with Crippen LogP contribution >= 0.6 is 23.1 Å². The minimum atomic E-state index is -3.59. The van der Waals surface area contributed by atoms with Gasteiger partial charge in [-0.1, -0.05) is 6.07 Å². The van der Waals surface area contributed by atoms with Crippen LogP contribution in [-0.2, 0) is 15.8 Å². The molecule has 0 atom stereocenters. The minimum Gasteiger partial charge on any atom is -0.322 e. The van der Waals surface area contributed by atoms with Gasteiger partial charge in [0.05, 0.1) is 16.1 Å². The van der Waals surface area contributed by atoms with Crippen molar-refractivity contribution in [2.45, 2.75) is 22.5 Å². The van der Waals surface area contributed by atoms with E-state index in [1.165, 1.54) is 20.2 Å². The topological polar surface area (TPSA) is 79.4 Å². The number of hydrogen-bond acceptors (Lipinski definition) is 6. The van der Waals surface area contributed by atoms with Crippen LogP contribution in [0.3, 0.4) is 0 Å². The molecule has 3 rings (SSSR count). The Bertz CT molecular complexity index is 1090. The number of thioether (sulfide) groups is 1. The molecular formula is C20H21N3O3S3. The number of thiazole rings is 1. The zero-order chi connectivity index (χ0) is 21.0. The predicted octanol–water partition coefficient (Wildman–Crippen LogP) is 4.25. The fourth-order valence-corrected chi connectivity index (χ4v) is 5.13. The monoisotopic (exact) mass is 447 g/mol. The van der Waals surface area contributed by atoms with Gasteiger partial charge in [-0.15, -0.1) is 23.1 Å². The summed E-state index contributed by atoms with van der Waals surface area (Å²) in [4.78, 5) is 18.0. The Kier molecular flexibility index (Phi) is 6.74. The molecule has 0 radical (unpaired) electrons. The average Bonchev–Trinajstić information content (AvgIpc) is 3.21. The molecule has 0 unspecified atom stereocenters. The van der Waals surface area contributed by atoms with E-state index in [0.717, 1.165) is 20.6 Å². The highest BCUT2D eigenvalue weighted by Gasteiger charge is 2.20. The molecule has 1 aromatic heterocycles. The fraction of sp³-hybridized carbons (Fsp3) is 0.200. The molecular weight excluding hydrogens is 426 g/mol. The maximum Gasteiger partial charge on any atom is 0.255 e. The van der Waals surface area contributed by atoms with E-state index in [1.54, 1.807) is 54.3 Å². The predicted molar refractivity (Wildman–Crippen MR) is 118 cm³/mol. The van der Waals surface area contributed by atoms with Crippen LogP contribution < -0.4 is 5.32 Å². The van der Waals surface area contributed by atoms with Crippen LogP contribution in [0.4, 0.5) is 5.69 Å². The molecule has 152 valence electrons. The number of aromatic nitrogens is 1. The summed E-state index contributed by atoms with van der Waals surface area (Å²) in [6.07, 6.45) is 0. The van der Waals surface area contributed by atoms with E-state index < -0.39 is 10.0 Å². The summed E-state index contributed by atoms with van der Waals surface area (Å²) < 4.78 is 26.1. The average molecular weight is 448 g/mol. The molecule has 6 nitrogen and oxygen atoms in total. The lowest BCUT2D eigenvalue weighted by molar-refractivity contribution is 0.102. The third-order valence-electron chi connectivity index (χ3n) is 4.19. The van der Waals surface area contributed by atoms with Crippen LogP contribution in [0.15, 0.2) is 63.1 Å². The third-order valence-corrected chi connectivity index (χ3v) is 7.83. The molecule has 2 aromatic carbocycles. The van der Waals surface area contributed by atoms with E-state index in [9.17, 15) is 13.2 Å². The summed E-state index contributed by atoms with van der Waals surface area (Å²) in [5.74, 6) is 0.486. The van der Waals surface area contributed by atoms with Gasteiger partial charge >= 0.3 is 0 Å². The van der Waals surface area contributed by atoms with Crippen LogP contribution in [0.25, 0.3) is 0 Å². The number of carbonyl (C=O) groups excluding carboxylic acids is 1. The molecule has 3 aromatic rings. The number of nitrogens with zero attached hydrogens (tertiary/aromatic N) is 2. The van der Waals surface area contributed by atoms with Gasteiger partial charge in [-0.25, -0.2) is 17.7 Å². The van der Waals surface area contributed by atoms with Gasteiger partial charge in [-0.2, -0.15) is 0 Å². The van der Waals surface area contributed by atoms with Gasteiger partial charge < -0.3 is 5.32 Å². The van der Waals surface area contributed by atoms with Crippen molar-refractivity contribution in [2.75, 3.05) is 19.4 Å². The molecule has 0 aliphatic heterocycles. The molecule has 0 saturated carbocycles. The van der Waals surface area contributed by atoms with Crippen LogP contribution in [0.1, 0.15) is 21.6 Å². The molecule has 0 aliphatic rings. The van der Waals surface area contributed by atoms with Crippen molar-refractivity contribution in [1.82, 2.24) is 9.29 Å². The lowest BCUT2D eigenvalue weighted by Crippen LogP contribution is -2.23. The second-order valence-corrected chi connectivity index (χ2v) is 10.4. The van der Waals surface area contributed by atoms with Gasteiger partial charge in [0.15, 0.2) is 0 Å². The summed E-state index contributed by atoms with van der Waals surface area (Å²) in [5, 5.41) is 4.79. The van der Waals surface area contributed by atoms with E-state index >= 15 is 0 Å². The lowest BCUT2D eigenvalue weighted by Gasteiger charge is -2.15. The van der Waals surface area contributed by atoms with Gasteiger partial charge in [0.25, 0.3) is 5.91 Å². The van der Waals surface area contributed by atoms with E-state index in [4.69, 9.17) is 0 Å². The summed E-state index contributed by atoms with van der Waals surface area (Å²) in [5.41, 5.74) is 4.40. The van der Waals surface area contributed by atoms with Gasteiger partial charge in [-0.05, 0) is 48.9 Å². The van der Waals surface area contributed by atoms with Gasteiger partial charge in [0.2, 0.25) is 10.0 Å². The lowest BCUT2D eigenvalue weighted by atomic mass is 10.2. The minimum absolute atomic E-state index is 0.175. The van der Waals surface area contributed by atoms with E-state index in [0.29, 0.717) is 16.8 Å². The number of hydrogen-bond donors (Lipinski definition) is 1. The molecule has 0 saturated heterocycles. The first-order valence-corrected chi connectivity index (χ1v) is 12.1. The van der Waals surface area contributed by atoms with Crippen molar-refractivity contribution >= 4 is 44.7 Å². The highest BCUT2D eigenvalue weighted by atomic mass is 32.2. The number of carbonyl (C=O) groups is 1. The Morgan fingerprint density at radius 2 is 1.90 bits per heavy atom. The number of benzene rings is 2. The number of nitrogens with one attached hydrogen (secondary N) is 1. The van der Waals surface area contributed by atoms with Gasteiger partial charge in [0.1, 0.15) is 0 Å². The van der Waals surface area contributed by atoms with E-state index in [-0.39, 0.29) is 10.8 Å². The van der Waals surface area contributed by atoms with Crippen molar-refractivity contribution in [3.8, 4) is 0 Å². The quantitative estimate of drug-likeness (QED) is 0.548. The Labute approximate surface area is 179 Å². The second-order valence-electron chi connectivity index (χ2n) is 6.51. The maximum absolute atomic E-state index is 12.6. The zero-order valence-corrected chi connectivity index (χ0v) is 18.7. The first-order chi connectivity index (χ1) is 13.8. The second kappa shape index (κ2) is 9.08. The SMILES string of the molecule is Cc1ccc(NC(=O)c2ccc(SCc3cscn3)cc2)cc1S(=O)(=O)N(C)C. The number of amides is 1. The summed E-state index contributed by atoms with van der Waals surface area (Å²) in [6, 6.07) is 12.2. The van der Waals surface area contributed by atoms with Gasteiger partial charge in [-0.3, -0.25) is 4.79 Å². The fourth-order valence-electron chi connectivity index (χ4n) is 2.52. The van der Waals surface area contributed by atoms with Crippen LogP contribution in [0.2, 0.25) is 0 Å². The largest absolute Gasteiger partial charge is 0.322 e. The van der Waals surface area contributed by atoms with Crippen molar-refractivity contribution in [3.05, 3.63) is 70.2 Å². The Morgan fingerprint density at radius 1 is 1.17 bits per heavy atom. The number of sulfonamides is 1. The van der Waals surface area contributed by atoms with Gasteiger partial charge in [0, 0.05) is 41.4 Å². The molecule has 29 heavy (non-hydrogen) atoms. The third kappa shape index (κ3) is 5.24. The molecule has 0 spiro atoms. The molecule has 0 bridgehead atoms. The van der Waals surface area contributed by atoms with Crippen molar-refractivity contribution in [3.63, 3.8) is 0 Å². The number of anilines is 1. The van der Waals surface area contributed by atoms with Crippen molar-refractivity contribution in [2.24, 2.45) is 0 Å². The highest BCUT2D eigenvalue weighted by molar-refractivity contribution is 7.98. The molecule has 1 amide bonds. The highest BCUT2D eigenvalue weighted by Crippen LogP contribution is 2.25. The molecule has 0 aliphatic carbocycles. The molecule has 1 N–H and O–H groups in total. The van der Waals surface area contributed by atoms with Crippen LogP contribution in [0, 0.1) is 6.92 Å². The van der Waals surface area contributed by atoms with E-state index in [2.05, 4.69) is 10.3 Å². The van der Waals surface area contributed by atoms with Crippen molar-refractivity contribution in [1.29, 1.82) is 0 Å². The smallest absolute Gasteiger partial charge is 0.255 e. The molecule has 9 heteroatoms. The summed E-state index contributed by atoms with van der Waals surface area (Å²) in [7, 11) is -0.626. The van der Waals surface area contributed by atoms with Crippen LogP contribution in [0.5, 0.6) is 0 Å². The molecule has 1 heterocycles. The Morgan fingerprint density at radius 3 is 2.52 bits per heavy atom.